The van der Waals surface area contributed by atoms with Crippen LogP contribution in [0.3, 0.4) is 0 Å². The van der Waals surface area contributed by atoms with E-state index in [-0.39, 0.29) is 23.9 Å². The van der Waals surface area contributed by atoms with Gasteiger partial charge in [-0.05, 0) is 48.9 Å². The number of anilines is 1. The fourth-order valence-electron chi connectivity index (χ4n) is 2.85. The number of hydrogen-bond donors (Lipinski definition) is 1. The fraction of sp³-hybridized carbons (Fsp3) is 0.227. The van der Waals surface area contributed by atoms with Crippen molar-refractivity contribution >= 4 is 40.1 Å². The van der Waals surface area contributed by atoms with E-state index in [2.05, 4.69) is 5.32 Å². The maximum atomic E-state index is 12.5. The summed E-state index contributed by atoms with van der Waals surface area (Å²) in [5.74, 6) is -0.652. The SMILES string of the molecule is CCCCOC(=O)c1ccc(NC(=O)Cn2ccc(=O)c3ccc(Cl)cc32)cc1. The highest BCUT2D eigenvalue weighted by Gasteiger charge is 2.10. The minimum atomic E-state index is -0.382. The summed E-state index contributed by atoms with van der Waals surface area (Å²) >= 11 is 6.04. The fourth-order valence-corrected chi connectivity index (χ4v) is 3.02. The Morgan fingerprint density at radius 3 is 2.59 bits per heavy atom. The van der Waals surface area contributed by atoms with Gasteiger partial charge in [-0.25, -0.2) is 4.79 Å². The van der Waals surface area contributed by atoms with E-state index in [1.165, 1.54) is 6.07 Å². The van der Waals surface area contributed by atoms with Gasteiger partial charge in [0.05, 0.1) is 17.7 Å². The molecule has 1 heterocycles. The number of amides is 1. The number of halogens is 1. The van der Waals surface area contributed by atoms with Crippen LogP contribution in [-0.2, 0) is 16.1 Å². The summed E-state index contributed by atoms with van der Waals surface area (Å²) < 4.78 is 6.83. The van der Waals surface area contributed by atoms with Crippen molar-refractivity contribution in [2.75, 3.05) is 11.9 Å². The Morgan fingerprint density at radius 2 is 1.86 bits per heavy atom. The van der Waals surface area contributed by atoms with E-state index in [0.717, 1.165) is 12.8 Å². The average Bonchev–Trinajstić information content (AvgIpc) is 2.71. The van der Waals surface area contributed by atoms with Crippen molar-refractivity contribution in [2.24, 2.45) is 0 Å². The third-order valence-corrected chi connectivity index (χ3v) is 4.62. The first-order valence-electron chi connectivity index (χ1n) is 9.33. The van der Waals surface area contributed by atoms with Gasteiger partial charge in [0, 0.05) is 28.4 Å². The van der Waals surface area contributed by atoms with Crippen molar-refractivity contribution < 1.29 is 14.3 Å². The number of carbonyl (C=O) groups is 2. The van der Waals surface area contributed by atoms with Crippen molar-refractivity contribution in [1.29, 1.82) is 0 Å². The normalized spacial score (nSPS) is 10.7. The first-order chi connectivity index (χ1) is 14.0. The van der Waals surface area contributed by atoms with Gasteiger partial charge < -0.3 is 14.6 Å². The number of pyridine rings is 1. The number of ether oxygens (including phenoxy) is 1. The van der Waals surface area contributed by atoms with Crippen LogP contribution in [0.5, 0.6) is 0 Å². The van der Waals surface area contributed by atoms with Crippen molar-refractivity contribution in [3.8, 4) is 0 Å². The van der Waals surface area contributed by atoms with E-state index in [1.807, 2.05) is 6.92 Å². The maximum absolute atomic E-state index is 12.5. The molecule has 1 N–H and O–H groups in total. The number of fused-ring (bicyclic) bond motifs is 1. The van der Waals surface area contributed by atoms with E-state index < -0.39 is 0 Å². The summed E-state index contributed by atoms with van der Waals surface area (Å²) in [7, 11) is 0. The van der Waals surface area contributed by atoms with Gasteiger partial charge in [-0.2, -0.15) is 0 Å². The molecule has 0 atom stereocenters. The largest absolute Gasteiger partial charge is 0.462 e. The number of rotatable bonds is 7. The van der Waals surface area contributed by atoms with Crippen LogP contribution >= 0.6 is 11.6 Å². The van der Waals surface area contributed by atoms with Gasteiger partial charge in [-0.15, -0.1) is 0 Å². The Hall–Kier alpha value is -3.12. The van der Waals surface area contributed by atoms with Crippen LogP contribution in [0, 0.1) is 0 Å². The van der Waals surface area contributed by atoms with E-state index in [4.69, 9.17) is 16.3 Å². The van der Waals surface area contributed by atoms with E-state index in [9.17, 15) is 14.4 Å². The van der Waals surface area contributed by atoms with E-state index in [0.29, 0.717) is 33.8 Å². The molecule has 3 aromatic rings. The second-order valence-corrected chi connectivity index (χ2v) is 7.02. The van der Waals surface area contributed by atoms with Crippen molar-refractivity contribution in [3.63, 3.8) is 0 Å². The molecule has 0 aliphatic heterocycles. The molecule has 150 valence electrons. The first-order valence-corrected chi connectivity index (χ1v) is 9.71. The van der Waals surface area contributed by atoms with E-state index in [1.54, 1.807) is 53.2 Å². The highest BCUT2D eigenvalue weighted by atomic mass is 35.5. The van der Waals surface area contributed by atoms with Gasteiger partial charge in [-0.3, -0.25) is 9.59 Å². The smallest absolute Gasteiger partial charge is 0.338 e. The molecule has 0 spiro atoms. The topological polar surface area (TPSA) is 77.4 Å². The van der Waals surface area contributed by atoms with Crippen LogP contribution in [0.2, 0.25) is 5.02 Å². The number of esters is 1. The molecule has 1 aromatic heterocycles. The number of aromatic nitrogens is 1. The molecule has 0 aliphatic rings. The van der Waals surface area contributed by atoms with Gasteiger partial charge in [0.15, 0.2) is 5.43 Å². The molecular formula is C22H21ClN2O4. The Balaban J connectivity index is 1.68. The van der Waals surface area contributed by atoms with Gasteiger partial charge in [0.1, 0.15) is 6.54 Å². The molecule has 3 rings (SSSR count). The minimum absolute atomic E-state index is 0.0118. The summed E-state index contributed by atoms with van der Waals surface area (Å²) in [5, 5.41) is 3.76. The lowest BCUT2D eigenvalue weighted by Crippen LogP contribution is -2.20. The molecule has 0 saturated heterocycles. The summed E-state index contributed by atoms with van der Waals surface area (Å²) in [6.45, 7) is 2.43. The summed E-state index contributed by atoms with van der Waals surface area (Å²) in [6, 6.07) is 12.9. The monoisotopic (exact) mass is 412 g/mol. The predicted octanol–water partition coefficient (Wildman–Crippen LogP) is 4.25. The van der Waals surface area contributed by atoms with Gasteiger partial charge in [0.2, 0.25) is 5.91 Å². The molecule has 0 radical (unpaired) electrons. The first kappa shape index (κ1) is 20.6. The van der Waals surface area contributed by atoms with Gasteiger partial charge >= 0.3 is 5.97 Å². The summed E-state index contributed by atoms with van der Waals surface area (Å²) in [5.41, 5.74) is 1.45. The molecule has 29 heavy (non-hydrogen) atoms. The quantitative estimate of drug-likeness (QED) is 0.465. The lowest BCUT2D eigenvalue weighted by Gasteiger charge is -2.12. The molecule has 1 amide bonds. The number of hydrogen-bond acceptors (Lipinski definition) is 4. The lowest BCUT2D eigenvalue weighted by atomic mass is 10.2. The number of nitrogens with zero attached hydrogens (tertiary/aromatic N) is 1. The van der Waals surface area contributed by atoms with Crippen LogP contribution in [-0.4, -0.2) is 23.1 Å². The third-order valence-electron chi connectivity index (χ3n) is 4.39. The minimum Gasteiger partial charge on any atom is -0.462 e. The molecule has 0 saturated carbocycles. The summed E-state index contributed by atoms with van der Waals surface area (Å²) in [6.07, 6.45) is 3.34. The van der Waals surface area contributed by atoms with Crippen LogP contribution in [0.1, 0.15) is 30.1 Å². The number of nitrogens with one attached hydrogen (secondary N) is 1. The Bertz CT molecular complexity index is 1090. The highest BCUT2D eigenvalue weighted by molar-refractivity contribution is 6.31. The molecule has 2 aromatic carbocycles. The maximum Gasteiger partial charge on any atom is 0.338 e. The van der Waals surface area contributed by atoms with Gasteiger partial charge in [-0.1, -0.05) is 24.9 Å². The van der Waals surface area contributed by atoms with Crippen molar-refractivity contribution in [2.45, 2.75) is 26.3 Å². The molecule has 0 bridgehead atoms. The molecule has 0 fully saturated rings. The highest BCUT2D eigenvalue weighted by Crippen LogP contribution is 2.17. The van der Waals surface area contributed by atoms with Gasteiger partial charge in [0.25, 0.3) is 0 Å². The third kappa shape index (κ3) is 5.23. The van der Waals surface area contributed by atoms with Crippen LogP contribution < -0.4 is 10.7 Å². The molecule has 0 unspecified atom stereocenters. The van der Waals surface area contributed by atoms with Crippen LogP contribution in [0.25, 0.3) is 10.9 Å². The molecule has 0 aliphatic carbocycles. The van der Waals surface area contributed by atoms with E-state index >= 15 is 0 Å². The van der Waals surface area contributed by atoms with Crippen molar-refractivity contribution in [3.05, 3.63) is 75.5 Å². The second-order valence-electron chi connectivity index (χ2n) is 6.58. The number of unbranched alkanes of at least 4 members (excludes halogenated alkanes) is 1. The molecular weight excluding hydrogens is 392 g/mol. The Kier molecular flexibility index (Phi) is 6.67. The van der Waals surface area contributed by atoms with Crippen LogP contribution in [0.15, 0.2) is 59.5 Å². The Morgan fingerprint density at radius 1 is 1.10 bits per heavy atom. The second kappa shape index (κ2) is 9.39. The van der Waals surface area contributed by atoms with Crippen molar-refractivity contribution in [1.82, 2.24) is 4.57 Å². The zero-order chi connectivity index (χ0) is 20.8. The number of benzene rings is 2. The van der Waals surface area contributed by atoms with Crippen LogP contribution in [0.4, 0.5) is 5.69 Å². The standard InChI is InChI=1S/C22H21ClN2O4/c1-2-3-12-29-22(28)15-4-7-17(8-5-15)24-21(27)14-25-11-10-20(26)18-9-6-16(23)13-19(18)25/h4-11,13H,2-3,12,14H2,1H3,(H,24,27). The lowest BCUT2D eigenvalue weighted by molar-refractivity contribution is -0.116. The zero-order valence-electron chi connectivity index (χ0n) is 16.0. The molecule has 6 nitrogen and oxygen atoms in total. The zero-order valence-corrected chi connectivity index (χ0v) is 16.7. The Labute approximate surface area is 173 Å². The number of carbonyl (C=O) groups excluding carboxylic acids is 2. The predicted molar refractivity (Wildman–Crippen MR) is 113 cm³/mol. The summed E-state index contributed by atoms with van der Waals surface area (Å²) in [4.78, 5) is 36.4. The average molecular weight is 413 g/mol. The molecule has 7 heteroatoms.